The average molecular weight is 398 g/mol. The Morgan fingerprint density at radius 3 is 2.41 bits per heavy atom. The highest BCUT2D eigenvalue weighted by Crippen LogP contribution is 2.20. The van der Waals surface area contributed by atoms with Gasteiger partial charge in [-0.25, -0.2) is 0 Å². The van der Waals surface area contributed by atoms with E-state index in [1.165, 1.54) is 16.9 Å². The van der Waals surface area contributed by atoms with Crippen molar-refractivity contribution in [2.24, 2.45) is 5.73 Å². The van der Waals surface area contributed by atoms with Crippen LogP contribution in [-0.2, 0) is 13.2 Å². The Kier molecular flexibility index (Phi) is 6.18. The van der Waals surface area contributed by atoms with Crippen molar-refractivity contribution in [3.8, 4) is 11.5 Å². The number of hydrogen-bond donors (Lipinski definition) is 2. The molecule has 0 fully saturated rings. The molecule has 0 aliphatic carbocycles. The highest BCUT2D eigenvalue weighted by atomic mass is 16.5. The Morgan fingerprint density at radius 2 is 1.79 bits per heavy atom. The molecular formula is C20H22N4O5. The molecule has 0 atom stereocenters. The maximum absolute atomic E-state index is 12.4. The fourth-order valence-electron chi connectivity index (χ4n) is 2.57. The molecule has 2 heterocycles. The maximum atomic E-state index is 12.4. The van der Waals surface area contributed by atoms with Crippen LogP contribution in [0.2, 0.25) is 0 Å². The first-order valence-corrected chi connectivity index (χ1v) is 9.13. The van der Waals surface area contributed by atoms with Crippen LogP contribution in [0.3, 0.4) is 0 Å². The number of nitrogens with two attached hydrogens (primary N) is 1. The van der Waals surface area contributed by atoms with E-state index in [-0.39, 0.29) is 23.7 Å². The van der Waals surface area contributed by atoms with Crippen molar-refractivity contribution in [1.82, 2.24) is 9.78 Å². The van der Waals surface area contributed by atoms with Gasteiger partial charge in [0.2, 0.25) is 0 Å². The lowest BCUT2D eigenvalue weighted by Crippen LogP contribution is -2.17. The number of hydrogen-bond acceptors (Lipinski definition) is 6. The fraction of sp³-hybridized carbons (Fsp3) is 0.250. The number of benzene rings is 1. The highest BCUT2D eigenvalue weighted by Gasteiger charge is 2.19. The molecule has 29 heavy (non-hydrogen) atoms. The van der Waals surface area contributed by atoms with Crippen molar-refractivity contribution >= 4 is 17.5 Å². The van der Waals surface area contributed by atoms with Gasteiger partial charge in [-0.1, -0.05) is 0 Å². The summed E-state index contributed by atoms with van der Waals surface area (Å²) >= 11 is 0. The van der Waals surface area contributed by atoms with Gasteiger partial charge in [0.05, 0.1) is 12.3 Å². The zero-order valence-corrected chi connectivity index (χ0v) is 16.2. The second kappa shape index (κ2) is 8.96. The van der Waals surface area contributed by atoms with Crippen LogP contribution in [-0.4, -0.2) is 28.2 Å². The van der Waals surface area contributed by atoms with E-state index in [2.05, 4.69) is 10.4 Å². The summed E-state index contributed by atoms with van der Waals surface area (Å²) in [5.74, 6) is 0.720. The SMILES string of the molecule is CCOc1ccc(OCc2ccc(C(=O)Nc3cn(CC)nc3C(N)=O)o2)cc1. The molecule has 3 aromatic rings. The van der Waals surface area contributed by atoms with Gasteiger partial charge in [-0.05, 0) is 50.2 Å². The first kappa shape index (κ1) is 20.0. The summed E-state index contributed by atoms with van der Waals surface area (Å²) < 4.78 is 18.1. The number of nitrogens with one attached hydrogen (secondary N) is 1. The summed E-state index contributed by atoms with van der Waals surface area (Å²) in [6.07, 6.45) is 1.54. The smallest absolute Gasteiger partial charge is 0.291 e. The van der Waals surface area contributed by atoms with Crippen LogP contribution >= 0.6 is 0 Å². The second-order valence-electron chi connectivity index (χ2n) is 6.02. The number of nitrogens with zero attached hydrogens (tertiary/aromatic N) is 2. The van der Waals surface area contributed by atoms with Gasteiger partial charge in [-0.15, -0.1) is 0 Å². The van der Waals surface area contributed by atoms with E-state index in [0.717, 1.165) is 5.75 Å². The van der Waals surface area contributed by atoms with Gasteiger partial charge in [-0.2, -0.15) is 5.10 Å². The molecule has 9 nitrogen and oxygen atoms in total. The molecule has 3 N–H and O–H groups in total. The van der Waals surface area contributed by atoms with Crippen LogP contribution in [0.4, 0.5) is 5.69 Å². The first-order chi connectivity index (χ1) is 14.0. The van der Waals surface area contributed by atoms with E-state index in [1.54, 1.807) is 18.2 Å². The second-order valence-corrected chi connectivity index (χ2v) is 6.02. The Bertz CT molecular complexity index is 991. The lowest BCUT2D eigenvalue weighted by molar-refractivity contribution is 0.0992. The van der Waals surface area contributed by atoms with E-state index in [1.807, 2.05) is 26.0 Å². The van der Waals surface area contributed by atoms with E-state index in [4.69, 9.17) is 19.6 Å². The zero-order chi connectivity index (χ0) is 20.8. The van der Waals surface area contributed by atoms with Crippen LogP contribution in [0, 0.1) is 0 Å². The lowest BCUT2D eigenvalue weighted by Gasteiger charge is -2.06. The summed E-state index contributed by atoms with van der Waals surface area (Å²) in [6, 6.07) is 10.4. The van der Waals surface area contributed by atoms with Gasteiger partial charge in [0.1, 0.15) is 23.9 Å². The van der Waals surface area contributed by atoms with Crippen LogP contribution in [0.25, 0.3) is 0 Å². The minimum atomic E-state index is -0.726. The van der Waals surface area contributed by atoms with Crippen LogP contribution in [0.5, 0.6) is 11.5 Å². The Hall–Kier alpha value is -3.75. The molecule has 0 unspecified atom stereocenters. The molecule has 0 bridgehead atoms. The standard InChI is InChI=1S/C20H22N4O5/c1-3-24-11-16(18(23-24)19(21)25)22-20(26)17-10-9-15(29-17)12-28-14-7-5-13(6-8-14)27-4-2/h5-11H,3-4,12H2,1-2H3,(H2,21,25)(H,22,26). The Morgan fingerprint density at radius 1 is 1.10 bits per heavy atom. The van der Waals surface area contributed by atoms with Crippen molar-refractivity contribution in [3.63, 3.8) is 0 Å². The monoisotopic (exact) mass is 398 g/mol. The average Bonchev–Trinajstić information content (AvgIpc) is 3.35. The number of anilines is 1. The van der Waals surface area contributed by atoms with Gasteiger partial charge in [0.25, 0.3) is 11.8 Å². The fourth-order valence-corrected chi connectivity index (χ4v) is 2.57. The first-order valence-electron chi connectivity index (χ1n) is 9.13. The number of carbonyl (C=O) groups excluding carboxylic acids is 2. The van der Waals surface area contributed by atoms with Crippen molar-refractivity contribution in [3.05, 3.63) is 59.8 Å². The van der Waals surface area contributed by atoms with Crippen LogP contribution < -0.4 is 20.5 Å². The molecule has 0 spiro atoms. The normalized spacial score (nSPS) is 10.6. The van der Waals surface area contributed by atoms with Crippen LogP contribution in [0.1, 0.15) is 40.7 Å². The van der Waals surface area contributed by atoms with Crippen molar-refractivity contribution in [1.29, 1.82) is 0 Å². The summed E-state index contributed by atoms with van der Waals surface area (Å²) in [5, 5.41) is 6.63. The summed E-state index contributed by atoms with van der Waals surface area (Å²) in [6.45, 7) is 5.05. The van der Waals surface area contributed by atoms with E-state index in [0.29, 0.717) is 24.7 Å². The maximum Gasteiger partial charge on any atom is 0.291 e. The predicted octanol–water partition coefficient (Wildman–Crippen LogP) is 2.82. The molecule has 0 saturated heterocycles. The number of aryl methyl sites for hydroxylation is 1. The summed E-state index contributed by atoms with van der Waals surface area (Å²) in [5.41, 5.74) is 5.53. The number of carbonyl (C=O) groups is 2. The third-order valence-electron chi connectivity index (χ3n) is 3.97. The number of rotatable bonds is 9. The molecule has 152 valence electrons. The minimum absolute atomic E-state index is 0.00851. The van der Waals surface area contributed by atoms with Crippen LogP contribution in [0.15, 0.2) is 47.0 Å². The topological polar surface area (TPSA) is 122 Å². The van der Waals surface area contributed by atoms with E-state index >= 15 is 0 Å². The zero-order valence-electron chi connectivity index (χ0n) is 16.2. The molecule has 0 aliphatic rings. The molecule has 0 aliphatic heterocycles. The molecule has 2 aromatic heterocycles. The number of aromatic nitrogens is 2. The van der Waals surface area contributed by atoms with E-state index in [9.17, 15) is 9.59 Å². The molecular weight excluding hydrogens is 376 g/mol. The van der Waals surface area contributed by atoms with Gasteiger partial charge in [0, 0.05) is 12.7 Å². The van der Waals surface area contributed by atoms with Gasteiger partial charge >= 0.3 is 0 Å². The molecule has 2 amide bonds. The van der Waals surface area contributed by atoms with Gasteiger partial charge < -0.3 is 24.9 Å². The number of furan rings is 1. The third kappa shape index (κ3) is 4.95. The summed E-state index contributed by atoms with van der Waals surface area (Å²) in [7, 11) is 0. The lowest BCUT2D eigenvalue weighted by atomic mass is 10.3. The molecule has 0 radical (unpaired) electrons. The molecule has 1 aromatic carbocycles. The number of primary amides is 1. The number of amides is 2. The highest BCUT2D eigenvalue weighted by molar-refractivity contribution is 6.06. The van der Waals surface area contributed by atoms with E-state index < -0.39 is 11.8 Å². The molecule has 0 saturated carbocycles. The largest absolute Gasteiger partial charge is 0.494 e. The molecule has 3 rings (SSSR count). The third-order valence-corrected chi connectivity index (χ3v) is 3.97. The number of ether oxygens (including phenoxy) is 2. The van der Waals surface area contributed by atoms with Crippen molar-refractivity contribution in [2.75, 3.05) is 11.9 Å². The Balaban J connectivity index is 1.61. The summed E-state index contributed by atoms with van der Waals surface area (Å²) in [4.78, 5) is 23.9. The van der Waals surface area contributed by atoms with Gasteiger partial charge in [0.15, 0.2) is 11.5 Å². The Labute approximate surface area is 167 Å². The van der Waals surface area contributed by atoms with Crippen molar-refractivity contribution in [2.45, 2.75) is 27.0 Å². The quantitative estimate of drug-likeness (QED) is 0.572. The van der Waals surface area contributed by atoms with Crippen molar-refractivity contribution < 1.29 is 23.5 Å². The van der Waals surface area contributed by atoms with Gasteiger partial charge in [-0.3, -0.25) is 14.3 Å². The predicted molar refractivity (Wildman–Crippen MR) is 105 cm³/mol. The molecule has 9 heteroatoms. The minimum Gasteiger partial charge on any atom is -0.494 e.